The fraction of sp³-hybridized carbons (Fsp3) is 0.278. The summed E-state index contributed by atoms with van der Waals surface area (Å²) in [6, 6.07) is 15.3. The molecule has 0 radical (unpaired) electrons. The Morgan fingerprint density at radius 3 is 2.61 bits per heavy atom. The van der Waals surface area contributed by atoms with Gasteiger partial charge in [0.2, 0.25) is 5.91 Å². The summed E-state index contributed by atoms with van der Waals surface area (Å²) in [4.78, 5) is 14.4. The van der Waals surface area contributed by atoms with Gasteiger partial charge in [-0.2, -0.15) is 0 Å². The van der Waals surface area contributed by atoms with E-state index in [4.69, 9.17) is 10.5 Å². The van der Waals surface area contributed by atoms with Crippen LogP contribution in [0, 0.1) is 0 Å². The van der Waals surface area contributed by atoms with Crippen molar-refractivity contribution in [2.45, 2.75) is 13.5 Å². The van der Waals surface area contributed by atoms with Gasteiger partial charge >= 0.3 is 0 Å². The molecule has 122 valence electrons. The highest BCUT2D eigenvalue weighted by molar-refractivity contribution is 5.94. The predicted molar refractivity (Wildman–Crippen MR) is 93.4 cm³/mol. The number of anilines is 2. The van der Waals surface area contributed by atoms with Gasteiger partial charge in [-0.3, -0.25) is 9.69 Å². The van der Waals surface area contributed by atoms with Gasteiger partial charge in [0.15, 0.2) is 0 Å². The number of hydrogen-bond donors (Lipinski definition) is 2. The summed E-state index contributed by atoms with van der Waals surface area (Å²) >= 11 is 0. The first-order valence-electron chi connectivity index (χ1n) is 7.62. The van der Waals surface area contributed by atoms with Crippen LogP contribution in [-0.4, -0.2) is 31.0 Å². The number of likely N-dealkylation sites (N-methyl/N-ethyl adjacent to an activating group) is 1. The Balaban J connectivity index is 1.97. The molecule has 2 aromatic carbocycles. The fourth-order valence-electron chi connectivity index (χ4n) is 2.33. The van der Waals surface area contributed by atoms with E-state index in [1.807, 2.05) is 25.1 Å². The van der Waals surface area contributed by atoms with E-state index in [1.54, 1.807) is 25.3 Å². The molecule has 1 amide bonds. The van der Waals surface area contributed by atoms with E-state index in [0.29, 0.717) is 23.7 Å². The molecule has 0 spiro atoms. The summed E-state index contributed by atoms with van der Waals surface area (Å²) < 4.78 is 5.25. The van der Waals surface area contributed by atoms with Crippen molar-refractivity contribution < 1.29 is 9.53 Å². The van der Waals surface area contributed by atoms with Crippen LogP contribution >= 0.6 is 0 Å². The summed E-state index contributed by atoms with van der Waals surface area (Å²) in [5, 5.41) is 2.88. The molecule has 0 aliphatic rings. The van der Waals surface area contributed by atoms with Crippen LogP contribution in [0.25, 0.3) is 0 Å². The highest BCUT2D eigenvalue weighted by Crippen LogP contribution is 2.26. The molecule has 0 saturated carbocycles. The van der Waals surface area contributed by atoms with E-state index in [2.05, 4.69) is 22.3 Å². The monoisotopic (exact) mass is 313 g/mol. The number of benzene rings is 2. The van der Waals surface area contributed by atoms with Crippen LogP contribution in [0.2, 0.25) is 0 Å². The third-order valence-corrected chi connectivity index (χ3v) is 3.56. The zero-order valence-electron chi connectivity index (χ0n) is 13.6. The van der Waals surface area contributed by atoms with Crippen molar-refractivity contribution in [3.63, 3.8) is 0 Å². The molecule has 0 heterocycles. The summed E-state index contributed by atoms with van der Waals surface area (Å²) in [6.45, 7) is 3.89. The second-order valence-corrected chi connectivity index (χ2v) is 5.30. The average Bonchev–Trinajstić information content (AvgIpc) is 2.56. The normalized spacial score (nSPS) is 10.6. The molecule has 3 N–H and O–H groups in total. The smallest absolute Gasteiger partial charge is 0.238 e. The maximum absolute atomic E-state index is 12.3. The molecule has 0 unspecified atom stereocenters. The van der Waals surface area contributed by atoms with Gasteiger partial charge in [0.05, 0.1) is 19.3 Å². The van der Waals surface area contributed by atoms with Gasteiger partial charge in [0.1, 0.15) is 5.75 Å². The standard InChI is InChI=1S/C18H23N3O2/c1-3-21(12-14-7-5-4-6-8-14)13-18(22)20-16-10-9-15(19)11-17(16)23-2/h4-11H,3,12-13,19H2,1-2H3,(H,20,22). The fourth-order valence-corrected chi connectivity index (χ4v) is 2.33. The van der Waals surface area contributed by atoms with Crippen LogP contribution in [0.1, 0.15) is 12.5 Å². The molecule has 0 aliphatic carbocycles. The quantitative estimate of drug-likeness (QED) is 0.771. The van der Waals surface area contributed by atoms with Crippen LogP contribution in [0.4, 0.5) is 11.4 Å². The Morgan fingerprint density at radius 1 is 1.22 bits per heavy atom. The maximum atomic E-state index is 12.3. The zero-order chi connectivity index (χ0) is 16.7. The topological polar surface area (TPSA) is 67.6 Å². The van der Waals surface area contributed by atoms with Crippen molar-refractivity contribution >= 4 is 17.3 Å². The summed E-state index contributed by atoms with van der Waals surface area (Å²) in [6.07, 6.45) is 0. The number of methoxy groups -OCH3 is 1. The lowest BCUT2D eigenvalue weighted by atomic mass is 10.2. The van der Waals surface area contributed by atoms with Crippen LogP contribution in [-0.2, 0) is 11.3 Å². The molecular formula is C18H23N3O2. The van der Waals surface area contributed by atoms with Gasteiger partial charge in [0, 0.05) is 18.3 Å². The Bertz CT molecular complexity index is 644. The van der Waals surface area contributed by atoms with Gasteiger partial charge < -0.3 is 15.8 Å². The molecule has 2 aromatic rings. The lowest BCUT2D eigenvalue weighted by molar-refractivity contribution is -0.117. The molecule has 0 aliphatic heterocycles. The zero-order valence-corrected chi connectivity index (χ0v) is 13.6. The first-order chi connectivity index (χ1) is 11.1. The van der Waals surface area contributed by atoms with Crippen molar-refractivity contribution in [2.75, 3.05) is 31.2 Å². The van der Waals surface area contributed by atoms with Crippen LogP contribution in [0.5, 0.6) is 5.75 Å². The molecule has 0 fully saturated rings. The molecule has 2 rings (SSSR count). The summed E-state index contributed by atoms with van der Waals surface area (Å²) in [7, 11) is 1.55. The van der Waals surface area contributed by atoms with Gasteiger partial charge in [-0.1, -0.05) is 37.3 Å². The molecule has 23 heavy (non-hydrogen) atoms. The number of rotatable bonds is 7. The van der Waals surface area contributed by atoms with Crippen molar-refractivity contribution in [1.82, 2.24) is 4.90 Å². The highest BCUT2D eigenvalue weighted by Gasteiger charge is 2.12. The molecule has 0 bridgehead atoms. The first kappa shape index (κ1) is 16.8. The molecule has 0 saturated heterocycles. The van der Waals surface area contributed by atoms with Crippen LogP contribution in [0.3, 0.4) is 0 Å². The van der Waals surface area contributed by atoms with Crippen LogP contribution in [0.15, 0.2) is 48.5 Å². The van der Waals surface area contributed by atoms with Crippen molar-refractivity contribution in [1.29, 1.82) is 0 Å². The van der Waals surface area contributed by atoms with Crippen molar-refractivity contribution in [3.05, 3.63) is 54.1 Å². The number of ether oxygens (including phenoxy) is 1. The minimum Gasteiger partial charge on any atom is -0.494 e. The Labute approximate surface area is 137 Å². The van der Waals surface area contributed by atoms with E-state index in [-0.39, 0.29) is 5.91 Å². The SMILES string of the molecule is CCN(CC(=O)Nc1ccc(N)cc1OC)Cc1ccccc1. The van der Waals surface area contributed by atoms with E-state index in [9.17, 15) is 4.79 Å². The number of hydrogen-bond acceptors (Lipinski definition) is 4. The lowest BCUT2D eigenvalue weighted by Crippen LogP contribution is -2.32. The van der Waals surface area contributed by atoms with E-state index >= 15 is 0 Å². The third-order valence-electron chi connectivity index (χ3n) is 3.56. The maximum Gasteiger partial charge on any atom is 0.238 e. The predicted octanol–water partition coefficient (Wildman–Crippen LogP) is 2.74. The molecule has 0 atom stereocenters. The minimum atomic E-state index is -0.0779. The van der Waals surface area contributed by atoms with Crippen molar-refractivity contribution in [3.8, 4) is 5.75 Å². The Morgan fingerprint density at radius 2 is 1.96 bits per heavy atom. The number of nitrogens with two attached hydrogens (primary N) is 1. The Hall–Kier alpha value is -2.53. The number of carbonyl (C=O) groups excluding carboxylic acids is 1. The number of nitrogens with one attached hydrogen (secondary N) is 1. The second-order valence-electron chi connectivity index (χ2n) is 5.30. The number of carbonyl (C=O) groups is 1. The summed E-state index contributed by atoms with van der Waals surface area (Å²) in [5.74, 6) is 0.482. The van der Waals surface area contributed by atoms with Gasteiger partial charge in [0.25, 0.3) is 0 Å². The van der Waals surface area contributed by atoms with Gasteiger partial charge in [-0.15, -0.1) is 0 Å². The lowest BCUT2D eigenvalue weighted by Gasteiger charge is -2.20. The molecular weight excluding hydrogens is 290 g/mol. The van der Waals surface area contributed by atoms with Crippen molar-refractivity contribution in [2.24, 2.45) is 0 Å². The van der Waals surface area contributed by atoms with Gasteiger partial charge in [-0.25, -0.2) is 0 Å². The first-order valence-corrected chi connectivity index (χ1v) is 7.62. The molecule has 5 nitrogen and oxygen atoms in total. The van der Waals surface area contributed by atoms with Gasteiger partial charge in [-0.05, 0) is 24.2 Å². The number of amides is 1. The van der Waals surface area contributed by atoms with Crippen LogP contribution < -0.4 is 15.8 Å². The largest absolute Gasteiger partial charge is 0.494 e. The Kier molecular flexibility index (Phi) is 6.00. The summed E-state index contributed by atoms with van der Waals surface area (Å²) in [5.41, 5.74) is 8.13. The highest BCUT2D eigenvalue weighted by atomic mass is 16.5. The average molecular weight is 313 g/mol. The molecule has 5 heteroatoms. The third kappa shape index (κ3) is 5.00. The number of nitrogens with zero attached hydrogens (tertiary/aromatic N) is 1. The van der Waals surface area contributed by atoms with E-state index in [1.165, 1.54) is 5.56 Å². The van der Waals surface area contributed by atoms with E-state index in [0.717, 1.165) is 13.1 Å². The van der Waals surface area contributed by atoms with E-state index < -0.39 is 0 Å². The molecule has 0 aromatic heterocycles. The number of nitrogen functional groups attached to an aromatic ring is 1. The minimum absolute atomic E-state index is 0.0779. The second kappa shape index (κ2) is 8.19.